The molecular formula is C27H25N3O7S2. The number of benzene rings is 4. The highest BCUT2D eigenvalue weighted by Gasteiger charge is 2.18. The molecule has 0 saturated carbocycles. The maximum absolute atomic E-state index is 12.9. The molecule has 12 heteroatoms. The van der Waals surface area contributed by atoms with E-state index in [1.165, 1.54) is 80.9 Å². The first-order chi connectivity index (χ1) is 18.6. The van der Waals surface area contributed by atoms with Crippen molar-refractivity contribution in [2.45, 2.75) is 9.79 Å². The lowest BCUT2D eigenvalue weighted by molar-refractivity contribution is 0.102. The molecule has 0 atom stereocenters. The number of rotatable bonds is 10. The summed E-state index contributed by atoms with van der Waals surface area (Å²) in [6.07, 6.45) is 0. The van der Waals surface area contributed by atoms with Crippen LogP contribution >= 0.6 is 0 Å². The van der Waals surface area contributed by atoms with Gasteiger partial charge in [-0.05, 0) is 72.8 Å². The van der Waals surface area contributed by atoms with Crippen molar-refractivity contribution >= 4 is 43.0 Å². The number of sulfonamides is 2. The highest BCUT2D eigenvalue weighted by molar-refractivity contribution is 7.93. The molecule has 0 unspecified atom stereocenters. The Morgan fingerprint density at radius 3 is 1.85 bits per heavy atom. The number of methoxy groups -OCH3 is 2. The van der Waals surface area contributed by atoms with Gasteiger partial charge in [0.15, 0.2) is 0 Å². The number of carbonyl (C=O) groups excluding carboxylic acids is 1. The van der Waals surface area contributed by atoms with Crippen molar-refractivity contribution in [1.29, 1.82) is 0 Å². The van der Waals surface area contributed by atoms with Gasteiger partial charge in [0.2, 0.25) is 0 Å². The minimum absolute atomic E-state index is 0.0274. The number of nitrogens with one attached hydrogen (secondary N) is 3. The van der Waals surface area contributed by atoms with Gasteiger partial charge in [-0.1, -0.05) is 18.2 Å². The predicted octanol–water partition coefficient (Wildman–Crippen LogP) is 4.56. The highest BCUT2D eigenvalue weighted by atomic mass is 32.2. The molecule has 0 radical (unpaired) electrons. The van der Waals surface area contributed by atoms with Gasteiger partial charge in [0, 0.05) is 23.0 Å². The van der Waals surface area contributed by atoms with Crippen LogP contribution in [-0.2, 0) is 20.0 Å². The Bertz CT molecular complexity index is 1670. The van der Waals surface area contributed by atoms with Crippen LogP contribution in [0.3, 0.4) is 0 Å². The van der Waals surface area contributed by atoms with Crippen LogP contribution in [0.5, 0.6) is 11.5 Å². The van der Waals surface area contributed by atoms with E-state index in [0.29, 0.717) is 22.9 Å². The quantitative estimate of drug-likeness (QED) is 0.255. The summed E-state index contributed by atoms with van der Waals surface area (Å²) >= 11 is 0. The van der Waals surface area contributed by atoms with E-state index in [4.69, 9.17) is 9.47 Å². The Morgan fingerprint density at radius 2 is 1.23 bits per heavy atom. The van der Waals surface area contributed by atoms with E-state index in [9.17, 15) is 21.6 Å². The first kappa shape index (κ1) is 27.5. The molecule has 3 N–H and O–H groups in total. The summed E-state index contributed by atoms with van der Waals surface area (Å²) < 4.78 is 66.1. The molecule has 0 bridgehead atoms. The van der Waals surface area contributed by atoms with Gasteiger partial charge in [-0.2, -0.15) is 0 Å². The molecule has 0 fully saturated rings. The largest absolute Gasteiger partial charge is 0.497 e. The standard InChI is InChI=1S/C27H25N3O7S2/c1-36-22-14-17-26(37-2)25(18-22)30-39(34,35)24-15-12-20(13-16-24)28-27(31)19-8-10-21(11-9-19)29-38(32,33)23-6-4-3-5-7-23/h3-18,29-30H,1-2H3,(H,28,31). The molecule has 0 aliphatic carbocycles. The van der Waals surface area contributed by atoms with Gasteiger partial charge in [0.05, 0.1) is 29.7 Å². The summed E-state index contributed by atoms with van der Waals surface area (Å²) in [7, 11) is -4.83. The van der Waals surface area contributed by atoms with E-state index in [1.807, 2.05) is 0 Å². The van der Waals surface area contributed by atoms with Crippen LogP contribution in [0.1, 0.15) is 10.4 Å². The Hall–Kier alpha value is -4.55. The number of hydrogen-bond acceptors (Lipinski definition) is 7. The van der Waals surface area contributed by atoms with Crippen molar-refractivity contribution in [2.75, 3.05) is 29.0 Å². The smallest absolute Gasteiger partial charge is 0.262 e. The fourth-order valence-electron chi connectivity index (χ4n) is 3.52. The van der Waals surface area contributed by atoms with Crippen LogP contribution in [0.15, 0.2) is 107 Å². The average molecular weight is 568 g/mol. The number of anilines is 3. The van der Waals surface area contributed by atoms with E-state index < -0.39 is 26.0 Å². The van der Waals surface area contributed by atoms with Gasteiger partial charge >= 0.3 is 0 Å². The number of amides is 1. The molecule has 202 valence electrons. The molecule has 39 heavy (non-hydrogen) atoms. The summed E-state index contributed by atoms with van der Waals surface area (Å²) in [5, 5.41) is 2.68. The number of hydrogen-bond donors (Lipinski definition) is 3. The molecule has 0 aliphatic heterocycles. The van der Waals surface area contributed by atoms with E-state index in [1.54, 1.807) is 30.3 Å². The minimum Gasteiger partial charge on any atom is -0.497 e. The molecular weight excluding hydrogens is 542 g/mol. The van der Waals surface area contributed by atoms with E-state index in [2.05, 4.69) is 14.8 Å². The topological polar surface area (TPSA) is 140 Å². The summed E-state index contributed by atoms with van der Waals surface area (Å²) in [5.74, 6) is 0.317. The van der Waals surface area contributed by atoms with Gasteiger partial charge in [0.1, 0.15) is 11.5 Å². The predicted molar refractivity (Wildman–Crippen MR) is 148 cm³/mol. The van der Waals surface area contributed by atoms with Gasteiger partial charge in [-0.3, -0.25) is 14.2 Å². The second kappa shape index (κ2) is 11.5. The average Bonchev–Trinajstić information content (AvgIpc) is 2.93. The van der Waals surface area contributed by atoms with Gasteiger partial charge in [-0.25, -0.2) is 16.8 Å². The maximum atomic E-state index is 12.9. The lowest BCUT2D eigenvalue weighted by Gasteiger charge is -2.13. The Labute approximate surface area is 226 Å². The molecule has 0 aromatic heterocycles. The van der Waals surface area contributed by atoms with Gasteiger partial charge in [-0.15, -0.1) is 0 Å². The summed E-state index contributed by atoms with van der Waals surface area (Å²) in [4.78, 5) is 12.8. The maximum Gasteiger partial charge on any atom is 0.262 e. The third-order valence-corrected chi connectivity index (χ3v) is 8.30. The fourth-order valence-corrected chi connectivity index (χ4v) is 5.66. The van der Waals surface area contributed by atoms with Crippen LogP contribution in [0, 0.1) is 0 Å². The molecule has 0 spiro atoms. The third kappa shape index (κ3) is 6.67. The zero-order valence-corrected chi connectivity index (χ0v) is 22.5. The zero-order valence-electron chi connectivity index (χ0n) is 20.9. The Balaban J connectivity index is 1.42. The Kier molecular flexibility index (Phi) is 8.07. The van der Waals surface area contributed by atoms with Crippen molar-refractivity contribution < 1.29 is 31.1 Å². The molecule has 4 aromatic carbocycles. The van der Waals surface area contributed by atoms with Crippen molar-refractivity contribution in [3.63, 3.8) is 0 Å². The van der Waals surface area contributed by atoms with Gasteiger partial charge < -0.3 is 14.8 Å². The molecule has 1 amide bonds. The summed E-state index contributed by atoms with van der Waals surface area (Å²) in [5.41, 5.74) is 1.15. The molecule has 4 rings (SSSR count). The SMILES string of the molecule is COc1ccc(OC)c(NS(=O)(=O)c2ccc(NC(=O)c3ccc(NS(=O)(=O)c4ccccc4)cc3)cc2)c1. The minimum atomic E-state index is -3.96. The monoisotopic (exact) mass is 567 g/mol. The number of carbonyl (C=O) groups is 1. The fraction of sp³-hybridized carbons (Fsp3) is 0.0741. The zero-order chi connectivity index (χ0) is 28.0. The first-order valence-corrected chi connectivity index (χ1v) is 14.4. The van der Waals surface area contributed by atoms with Crippen LogP contribution in [0.4, 0.5) is 17.1 Å². The molecule has 10 nitrogen and oxygen atoms in total. The second-order valence-electron chi connectivity index (χ2n) is 8.15. The Morgan fingerprint density at radius 1 is 0.641 bits per heavy atom. The van der Waals surface area contributed by atoms with Gasteiger partial charge in [0.25, 0.3) is 26.0 Å². The normalized spacial score (nSPS) is 11.3. The van der Waals surface area contributed by atoms with Crippen molar-refractivity contribution in [2.24, 2.45) is 0 Å². The second-order valence-corrected chi connectivity index (χ2v) is 11.5. The van der Waals surface area contributed by atoms with Crippen LogP contribution in [0.2, 0.25) is 0 Å². The molecule has 0 aliphatic rings. The van der Waals surface area contributed by atoms with Crippen molar-refractivity contribution in [3.8, 4) is 11.5 Å². The molecule has 0 heterocycles. The summed E-state index contributed by atoms with van der Waals surface area (Å²) in [6, 6.07) is 24.2. The summed E-state index contributed by atoms with van der Waals surface area (Å²) in [6.45, 7) is 0. The third-order valence-electron chi connectivity index (χ3n) is 5.53. The van der Waals surface area contributed by atoms with Crippen LogP contribution < -0.4 is 24.2 Å². The lowest BCUT2D eigenvalue weighted by atomic mass is 10.2. The molecule has 0 saturated heterocycles. The van der Waals surface area contributed by atoms with Crippen molar-refractivity contribution in [3.05, 3.63) is 103 Å². The highest BCUT2D eigenvalue weighted by Crippen LogP contribution is 2.31. The van der Waals surface area contributed by atoms with E-state index in [0.717, 1.165) is 0 Å². The van der Waals surface area contributed by atoms with Crippen molar-refractivity contribution in [1.82, 2.24) is 0 Å². The lowest BCUT2D eigenvalue weighted by Crippen LogP contribution is -2.15. The first-order valence-electron chi connectivity index (χ1n) is 11.5. The van der Waals surface area contributed by atoms with E-state index >= 15 is 0 Å². The van der Waals surface area contributed by atoms with Crippen LogP contribution in [-0.4, -0.2) is 37.0 Å². The molecule has 4 aromatic rings. The van der Waals surface area contributed by atoms with E-state index in [-0.39, 0.29) is 21.0 Å². The van der Waals surface area contributed by atoms with Crippen LogP contribution in [0.25, 0.3) is 0 Å². The number of ether oxygens (including phenoxy) is 2.